The van der Waals surface area contributed by atoms with E-state index >= 15 is 0 Å². The van der Waals surface area contributed by atoms with Crippen molar-refractivity contribution >= 4 is 5.78 Å². The van der Waals surface area contributed by atoms with Gasteiger partial charge in [-0.25, -0.2) is 0 Å². The van der Waals surface area contributed by atoms with E-state index in [9.17, 15) is 4.79 Å². The number of rotatable bonds is 3. The van der Waals surface area contributed by atoms with E-state index in [0.29, 0.717) is 0 Å². The molecule has 1 rings (SSSR count). The first-order valence-corrected chi connectivity index (χ1v) is 4.66. The van der Waals surface area contributed by atoms with Crippen LogP contribution in [0.2, 0.25) is 0 Å². The lowest BCUT2D eigenvalue weighted by molar-refractivity contribution is -0.126. The predicted molar refractivity (Wildman–Crippen MR) is 56.3 cm³/mol. The van der Waals surface area contributed by atoms with E-state index in [1.54, 1.807) is 14.0 Å². The zero-order valence-corrected chi connectivity index (χ0v) is 9.13. The van der Waals surface area contributed by atoms with Gasteiger partial charge in [-0.3, -0.25) is 4.79 Å². The Kier molecular flexibility index (Phi) is 3.42. The van der Waals surface area contributed by atoms with E-state index in [2.05, 4.69) is 6.92 Å². The molecular weight excluding hydrogens is 176 g/mol. The topological polar surface area (TPSA) is 26.3 Å². The lowest BCUT2D eigenvalue weighted by Crippen LogP contribution is -2.11. The summed E-state index contributed by atoms with van der Waals surface area (Å²) in [4.78, 5) is 11.2. The van der Waals surface area contributed by atoms with Gasteiger partial charge in [0.2, 0.25) is 0 Å². The molecule has 1 aromatic carbocycles. The zero-order chi connectivity index (χ0) is 10.7. The van der Waals surface area contributed by atoms with Gasteiger partial charge in [0.15, 0.2) is 5.78 Å². The number of hydrogen-bond donors (Lipinski definition) is 0. The first kappa shape index (κ1) is 10.9. The quantitative estimate of drug-likeness (QED) is 0.735. The lowest BCUT2D eigenvalue weighted by atomic mass is 10.0. The lowest BCUT2D eigenvalue weighted by Gasteiger charge is -2.13. The highest BCUT2D eigenvalue weighted by atomic mass is 16.5. The Morgan fingerprint density at radius 3 is 2.36 bits per heavy atom. The molecule has 0 saturated carbocycles. The fraction of sp³-hybridized carbons (Fsp3) is 0.417. The van der Waals surface area contributed by atoms with Crippen LogP contribution in [-0.2, 0) is 9.53 Å². The number of benzene rings is 1. The van der Waals surface area contributed by atoms with Crippen LogP contribution in [0.1, 0.15) is 29.7 Å². The number of Topliss-reactive ketones (excluding diaryl/α,β-unsaturated/α-hetero) is 1. The minimum absolute atomic E-state index is 0.0377. The average Bonchev–Trinajstić information content (AvgIpc) is 2.11. The van der Waals surface area contributed by atoms with E-state index in [-0.39, 0.29) is 5.78 Å². The SMILES string of the molecule is COC(C(C)=O)c1ccc(C)c(C)c1. The molecule has 0 saturated heterocycles. The van der Waals surface area contributed by atoms with E-state index in [1.165, 1.54) is 11.1 Å². The van der Waals surface area contributed by atoms with Crippen molar-refractivity contribution in [2.45, 2.75) is 26.9 Å². The van der Waals surface area contributed by atoms with Gasteiger partial charge in [-0.05, 0) is 37.5 Å². The van der Waals surface area contributed by atoms with Gasteiger partial charge < -0.3 is 4.74 Å². The largest absolute Gasteiger partial charge is 0.369 e. The Morgan fingerprint density at radius 1 is 1.29 bits per heavy atom. The second-order valence-electron chi connectivity index (χ2n) is 3.57. The highest BCUT2D eigenvalue weighted by molar-refractivity contribution is 5.81. The fourth-order valence-electron chi connectivity index (χ4n) is 1.46. The third kappa shape index (κ3) is 2.20. The predicted octanol–water partition coefficient (Wildman–Crippen LogP) is 2.58. The third-order valence-electron chi connectivity index (χ3n) is 2.44. The Hall–Kier alpha value is -1.15. The Balaban J connectivity index is 3.06. The molecule has 1 unspecified atom stereocenters. The molecule has 0 bridgehead atoms. The highest BCUT2D eigenvalue weighted by Gasteiger charge is 2.15. The number of ketones is 1. The molecule has 0 aliphatic heterocycles. The van der Waals surface area contributed by atoms with E-state index in [0.717, 1.165) is 5.56 Å². The van der Waals surface area contributed by atoms with Crippen molar-refractivity contribution in [1.82, 2.24) is 0 Å². The first-order valence-electron chi connectivity index (χ1n) is 4.66. The second-order valence-corrected chi connectivity index (χ2v) is 3.57. The molecule has 0 amide bonds. The summed E-state index contributed by atoms with van der Waals surface area (Å²) in [6.07, 6.45) is -0.422. The molecule has 0 heterocycles. The molecule has 1 aromatic rings. The van der Waals surface area contributed by atoms with Crippen LogP contribution in [0, 0.1) is 13.8 Å². The van der Waals surface area contributed by atoms with Crippen LogP contribution in [0.4, 0.5) is 0 Å². The molecule has 0 aliphatic carbocycles. The molecule has 76 valence electrons. The van der Waals surface area contributed by atoms with Crippen molar-refractivity contribution < 1.29 is 9.53 Å². The van der Waals surface area contributed by atoms with Crippen LogP contribution in [0.15, 0.2) is 18.2 Å². The monoisotopic (exact) mass is 192 g/mol. The molecule has 0 aliphatic rings. The number of hydrogen-bond acceptors (Lipinski definition) is 2. The standard InChI is InChI=1S/C12H16O2/c1-8-5-6-11(7-9(8)2)12(14-4)10(3)13/h5-7,12H,1-4H3. The second kappa shape index (κ2) is 4.38. The first-order chi connectivity index (χ1) is 6.56. The molecule has 0 N–H and O–H groups in total. The summed E-state index contributed by atoms with van der Waals surface area (Å²) >= 11 is 0. The Morgan fingerprint density at radius 2 is 1.93 bits per heavy atom. The molecule has 1 atom stereocenters. The van der Waals surface area contributed by atoms with Crippen LogP contribution < -0.4 is 0 Å². The van der Waals surface area contributed by atoms with Crippen molar-refractivity contribution in [2.24, 2.45) is 0 Å². The van der Waals surface area contributed by atoms with Gasteiger partial charge in [0.25, 0.3) is 0 Å². The summed E-state index contributed by atoms with van der Waals surface area (Å²) in [6, 6.07) is 5.96. The zero-order valence-electron chi connectivity index (χ0n) is 9.13. The van der Waals surface area contributed by atoms with Crippen molar-refractivity contribution in [3.8, 4) is 0 Å². The average molecular weight is 192 g/mol. The Bertz CT molecular complexity index is 342. The smallest absolute Gasteiger partial charge is 0.163 e. The van der Waals surface area contributed by atoms with Gasteiger partial charge in [0.05, 0.1) is 0 Å². The van der Waals surface area contributed by atoms with Gasteiger partial charge in [-0.2, -0.15) is 0 Å². The highest BCUT2D eigenvalue weighted by Crippen LogP contribution is 2.20. The van der Waals surface area contributed by atoms with Crippen molar-refractivity contribution in [3.05, 3.63) is 34.9 Å². The van der Waals surface area contributed by atoms with Crippen LogP contribution >= 0.6 is 0 Å². The molecule has 0 fully saturated rings. The van der Waals surface area contributed by atoms with Gasteiger partial charge in [0.1, 0.15) is 6.10 Å². The van der Waals surface area contributed by atoms with Crippen molar-refractivity contribution in [3.63, 3.8) is 0 Å². The molecule has 2 heteroatoms. The Labute approximate surface area is 84.9 Å². The number of carbonyl (C=O) groups excluding carboxylic acids is 1. The minimum Gasteiger partial charge on any atom is -0.369 e. The molecule has 2 nitrogen and oxygen atoms in total. The summed E-state index contributed by atoms with van der Waals surface area (Å²) in [7, 11) is 1.56. The maximum Gasteiger partial charge on any atom is 0.163 e. The van der Waals surface area contributed by atoms with Crippen LogP contribution in [0.3, 0.4) is 0 Å². The number of carbonyl (C=O) groups is 1. The van der Waals surface area contributed by atoms with Gasteiger partial charge in [0, 0.05) is 7.11 Å². The van der Waals surface area contributed by atoms with Crippen molar-refractivity contribution in [2.75, 3.05) is 7.11 Å². The maximum absolute atomic E-state index is 11.2. The molecule has 0 radical (unpaired) electrons. The molecular formula is C12H16O2. The fourth-order valence-corrected chi connectivity index (χ4v) is 1.46. The van der Waals surface area contributed by atoms with Gasteiger partial charge in [-0.15, -0.1) is 0 Å². The van der Waals surface area contributed by atoms with Crippen LogP contribution in [-0.4, -0.2) is 12.9 Å². The molecule has 0 spiro atoms. The summed E-state index contributed by atoms with van der Waals surface area (Å²) < 4.78 is 5.14. The van der Waals surface area contributed by atoms with Crippen molar-refractivity contribution in [1.29, 1.82) is 0 Å². The minimum atomic E-state index is -0.422. The summed E-state index contributed by atoms with van der Waals surface area (Å²) in [5, 5.41) is 0. The van der Waals surface area contributed by atoms with E-state index in [4.69, 9.17) is 4.74 Å². The summed E-state index contributed by atoms with van der Waals surface area (Å²) in [5.41, 5.74) is 3.35. The van der Waals surface area contributed by atoms with E-state index in [1.807, 2.05) is 25.1 Å². The van der Waals surface area contributed by atoms with E-state index < -0.39 is 6.10 Å². The van der Waals surface area contributed by atoms with Crippen LogP contribution in [0.5, 0.6) is 0 Å². The van der Waals surface area contributed by atoms with Crippen LogP contribution in [0.25, 0.3) is 0 Å². The maximum atomic E-state index is 11.2. The third-order valence-corrected chi connectivity index (χ3v) is 2.44. The number of ether oxygens (including phenoxy) is 1. The summed E-state index contributed by atoms with van der Waals surface area (Å²) in [5.74, 6) is 0.0377. The van der Waals surface area contributed by atoms with Gasteiger partial charge >= 0.3 is 0 Å². The summed E-state index contributed by atoms with van der Waals surface area (Å²) in [6.45, 7) is 5.63. The molecule has 14 heavy (non-hydrogen) atoms. The molecule has 0 aromatic heterocycles. The number of aryl methyl sites for hydroxylation is 2. The van der Waals surface area contributed by atoms with Gasteiger partial charge in [-0.1, -0.05) is 18.2 Å². The normalized spacial score (nSPS) is 12.6. The number of methoxy groups -OCH3 is 1.